The minimum atomic E-state index is -1.05. The molecule has 8 amide bonds. The Bertz CT molecular complexity index is 2200. The molecule has 0 spiro atoms. The second-order valence-corrected chi connectivity index (χ2v) is 20.4. The highest BCUT2D eigenvalue weighted by atomic mass is 16.2. The number of amides is 8. The monoisotopic (exact) mass is 985 g/mol. The molecule has 2 aliphatic carbocycles. The number of likely N-dealkylation sites (N-methyl/N-ethyl adjacent to an activating group) is 2. The molecule has 1 saturated carbocycles. The van der Waals surface area contributed by atoms with Crippen LogP contribution in [0.1, 0.15) is 144 Å². The van der Waals surface area contributed by atoms with Crippen LogP contribution in [0.2, 0.25) is 0 Å². The lowest BCUT2D eigenvalue weighted by Crippen LogP contribution is -2.58. The average molecular weight is 985 g/mol. The normalized spacial score (nSPS) is 20.5. The Morgan fingerprint density at radius 2 is 1.30 bits per heavy atom. The van der Waals surface area contributed by atoms with Crippen LogP contribution in [0, 0.1) is 17.8 Å². The molecule has 18 heteroatoms. The van der Waals surface area contributed by atoms with Crippen molar-refractivity contribution in [3.05, 3.63) is 70.8 Å². The molecule has 1 saturated heterocycles. The van der Waals surface area contributed by atoms with Crippen molar-refractivity contribution < 1.29 is 38.4 Å². The van der Waals surface area contributed by atoms with Crippen LogP contribution >= 0.6 is 0 Å². The lowest BCUT2D eigenvalue weighted by Gasteiger charge is -2.35. The molecular weight excluding hydrogens is 905 g/mol. The quantitative estimate of drug-likeness (QED) is 0.0835. The molecule has 71 heavy (non-hydrogen) atoms. The fourth-order valence-electron chi connectivity index (χ4n) is 9.51. The molecule has 1 aliphatic heterocycles. The molecule has 2 aromatic carbocycles. The van der Waals surface area contributed by atoms with Crippen LogP contribution in [0.4, 0.5) is 0 Å². The summed E-state index contributed by atoms with van der Waals surface area (Å²) in [5.74, 6) is -3.65. The zero-order valence-corrected chi connectivity index (χ0v) is 43.2. The number of nitrogens with zero attached hydrogens (tertiary/aromatic N) is 1. The summed E-state index contributed by atoms with van der Waals surface area (Å²) >= 11 is 0. The van der Waals surface area contributed by atoms with Crippen molar-refractivity contribution in [2.75, 3.05) is 27.2 Å². The molecule has 9 atom stereocenters. The standard InChI is InChI=1S/C53H80N10O8/c1-30(2)32(5)57-50(68)42(60-52(70)44(31(3)4)61-46(64)33(6)54-8)25-26-56-48(66)37-21-15-22-38(27-37)49(67)58-39-28-43(51(69)59-41-24-16-20-35-17-13-14-23-40(35)41)63(29-39)53(71)45(36-18-11-10-12-19-36)62-47(65)34(7)55-9/h13-15,17,21-23,27,30-34,36,39,41-45,54-55H,10-12,16,18-20,24-26,28-29H2,1-9H3,(H,56,66)(H,57,68)(H,58,67)(H,59,69)(H,60,70)(H,61,64)(H,62,65)/t32-,33+,34+,39+,41-,42+,43+,44+,45+/m1/s1. The third kappa shape index (κ3) is 15.3. The van der Waals surface area contributed by atoms with Gasteiger partial charge in [0, 0.05) is 36.3 Å². The van der Waals surface area contributed by atoms with Crippen molar-refractivity contribution in [2.45, 2.75) is 167 Å². The minimum Gasteiger partial charge on any atom is -0.352 e. The predicted octanol–water partition coefficient (Wildman–Crippen LogP) is 2.77. The van der Waals surface area contributed by atoms with Crippen molar-refractivity contribution >= 4 is 47.3 Å². The Hall–Kier alpha value is -5.88. The molecule has 390 valence electrons. The molecule has 3 aliphatic rings. The van der Waals surface area contributed by atoms with E-state index in [0.29, 0.717) is 0 Å². The number of rotatable bonds is 22. The number of hydrogen-bond donors (Lipinski definition) is 9. The summed E-state index contributed by atoms with van der Waals surface area (Å²) in [6.07, 6.45) is 7.15. The van der Waals surface area contributed by atoms with Crippen molar-refractivity contribution in [3.8, 4) is 0 Å². The van der Waals surface area contributed by atoms with Gasteiger partial charge in [0.1, 0.15) is 24.2 Å². The van der Waals surface area contributed by atoms with E-state index in [1.807, 2.05) is 39.0 Å². The summed E-state index contributed by atoms with van der Waals surface area (Å²) in [7, 11) is 3.32. The maximum absolute atomic E-state index is 14.8. The van der Waals surface area contributed by atoms with Crippen molar-refractivity contribution in [2.24, 2.45) is 17.8 Å². The second kappa shape index (κ2) is 26.5. The van der Waals surface area contributed by atoms with Crippen molar-refractivity contribution in [1.29, 1.82) is 0 Å². The fraction of sp³-hybridized carbons (Fsp3) is 0.623. The van der Waals surface area contributed by atoms with Gasteiger partial charge in [-0.1, -0.05) is 77.3 Å². The average Bonchev–Trinajstić information content (AvgIpc) is 3.79. The highest BCUT2D eigenvalue weighted by molar-refractivity contribution is 6.00. The van der Waals surface area contributed by atoms with Gasteiger partial charge in [-0.2, -0.15) is 0 Å². The highest BCUT2D eigenvalue weighted by Crippen LogP contribution is 2.32. The van der Waals surface area contributed by atoms with E-state index in [-0.39, 0.29) is 90.5 Å². The smallest absolute Gasteiger partial charge is 0.251 e. The first-order valence-electron chi connectivity index (χ1n) is 25.8. The maximum atomic E-state index is 14.8. The molecule has 18 nitrogen and oxygen atoms in total. The Labute approximate surface area is 419 Å². The van der Waals surface area contributed by atoms with E-state index >= 15 is 0 Å². The van der Waals surface area contributed by atoms with E-state index < -0.39 is 65.9 Å². The number of nitrogens with one attached hydrogen (secondary N) is 9. The van der Waals surface area contributed by atoms with Gasteiger partial charge < -0.3 is 52.8 Å². The van der Waals surface area contributed by atoms with Gasteiger partial charge in [-0.15, -0.1) is 0 Å². The van der Waals surface area contributed by atoms with Gasteiger partial charge in [0.25, 0.3) is 11.8 Å². The van der Waals surface area contributed by atoms with E-state index in [0.717, 1.165) is 56.9 Å². The number of carbonyl (C=O) groups is 8. The molecule has 0 radical (unpaired) electrons. The molecule has 1 heterocycles. The molecule has 5 rings (SSSR count). The lowest BCUT2D eigenvalue weighted by atomic mass is 9.83. The topological polar surface area (TPSA) is 248 Å². The summed E-state index contributed by atoms with van der Waals surface area (Å²) in [5.41, 5.74) is 2.58. The number of likely N-dealkylation sites (tertiary alicyclic amines) is 1. The number of carbonyl (C=O) groups excluding carboxylic acids is 8. The van der Waals surface area contributed by atoms with Crippen LogP contribution < -0.4 is 47.9 Å². The van der Waals surface area contributed by atoms with Gasteiger partial charge >= 0.3 is 0 Å². The van der Waals surface area contributed by atoms with Gasteiger partial charge in [-0.05, 0) is 127 Å². The first kappa shape index (κ1) is 56.0. The third-order valence-corrected chi connectivity index (χ3v) is 14.6. The molecule has 0 unspecified atom stereocenters. The minimum absolute atomic E-state index is 0.0167. The molecule has 0 bridgehead atoms. The largest absolute Gasteiger partial charge is 0.352 e. The number of aryl methyl sites for hydroxylation is 1. The fourth-order valence-corrected chi connectivity index (χ4v) is 9.51. The highest BCUT2D eigenvalue weighted by Gasteiger charge is 2.45. The van der Waals surface area contributed by atoms with Crippen LogP contribution in [-0.2, 0) is 35.2 Å². The molecular formula is C53H80N10O8. The van der Waals surface area contributed by atoms with E-state index in [9.17, 15) is 38.4 Å². The Balaban J connectivity index is 1.30. The number of benzene rings is 2. The third-order valence-electron chi connectivity index (χ3n) is 14.6. The Morgan fingerprint density at radius 3 is 1.94 bits per heavy atom. The second-order valence-electron chi connectivity index (χ2n) is 20.4. The van der Waals surface area contributed by atoms with Crippen LogP contribution in [-0.4, -0.2) is 128 Å². The van der Waals surface area contributed by atoms with E-state index in [4.69, 9.17) is 0 Å². The lowest BCUT2D eigenvalue weighted by molar-refractivity contribution is -0.143. The summed E-state index contributed by atoms with van der Waals surface area (Å²) in [6.45, 7) is 12.8. The summed E-state index contributed by atoms with van der Waals surface area (Å²) < 4.78 is 0. The van der Waals surface area contributed by atoms with Crippen LogP contribution in [0.25, 0.3) is 0 Å². The zero-order chi connectivity index (χ0) is 51.9. The van der Waals surface area contributed by atoms with Crippen LogP contribution in [0.15, 0.2) is 48.5 Å². The van der Waals surface area contributed by atoms with Gasteiger partial charge in [-0.25, -0.2) is 0 Å². The first-order chi connectivity index (χ1) is 33.8. The first-order valence-corrected chi connectivity index (χ1v) is 25.8. The summed E-state index contributed by atoms with van der Waals surface area (Å²) in [4.78, 5) is 112. The number of hydrogen-bond acceptors (Lipinski definition) is 10. The van der Waals surface area contributed by atoms with Gasteiger partial charge in [-0.3, -0.25) is 38.4 Å². The molecule has 2 aromatic rings. The van der Waals surface area contributed by atoms with Gasteiger partial charge in [0.05, 0.1) is 18.1 Å². The molecule has 9 N–H and O–H groups in total. The van der Waals surface area contributed by atoms with Crippen LogP contribution in [0.3, 0.4) is 0 Å². The van der Waals surface area contributed by atoms with Crippen LogP contribution in [0.5, 0.6) is 0 Å². The predicted molar refractivity (Wildman–Crippen MR) is 272 cm³/mol. The number of fused-ring (bicyclic) bond motifs is 1. The Kier molecular flexibility index (Phi) is 20.9. The van der Waals surface area contributed by atoms with E-state index in [1.54, 1.807) is 60.0 Å². The zero-order valence-electron chi connectivity index (χ0n) is 43.2. The summed E-state index contributed by atoms with van der Waals surface area (Å²) in [6, 6.07) is 8.26. The van der Waals surface area contributed by atoms with Gasteiger partial charge in [0.2, 0.25) is 35.4 Å². The van der Waals surface area contributed by atoms with E-state index in [1.165, 1.54) is 16.5 Å². The van der Waals surface area contributed by atoms with Gasteiger partial charge in [0.15, 0.2) is 0 Å². The maximum Gasteiger partial charge on any atom is 0.251 e. The SMILES string of the molecule is CN[C@@H](C)C(=O)N[C@H](C(=O)N[C@@H](CCNC(=O)c1cccc(C(=O)N[C@H]2C[C@@H](C(=O)N[C@@H]3CCCc4ccccc43)N(C(=O)[C@@H](NC(=O)[C@H](C)NC)C3CCCCC3)C2)c1)C(=O)N[C@H](C)C(C)C)C(C)C. The summed E-state index contributed by atoms with van der Waals surface area (Å²) in [5, 5.41) is 26.4. The van der Waals surface area contributed by atoms with Crippen molar-refractivity contribution in [1.82, 2.24) is 52.8 Å². The van der Waals surface area contributed by atoms with E-state index in [2.05, 4.69) is 53.9 Å². The Morgan fingerprint density at radius 1 is 0.648 bits per heavy atom. The molecule has 2 fully saturated rings. The molecule has 0 aromatic heterocycles. The van der Waals surface area contributed by atoms with Crippen molar-refractivity contribution in [3.63, 3.8) is 0 Å².